The summed E-state index contributed by atoms with van der Waals surface area (Å²) >= 11 is 0. The number of tetrazole rings is 1. The summed E-state index contributed by atoms with van der Waals surface area (Å²) < 4.78 is 10.4. The molecule has 1 heterocycles. The van der Waals surface area contributed by atoms with Gasteiger partial charge in [0, 0.05) is 18.2 Å². The van der Waals surface area contributed by atoms with Gasteiger partial charge in [-0.2, -0.15) is 0 Å². The fourth-order valence-corrected chi connectivity index (χ4v) is 1.36. The predicted molar refractivity (Wildman–Crippen MR) is 60.4 cm³/mol. The summed E-state index contributed by atoms with van der Waals surface area (Å²) in [5.41, 5.74) is 0.929. The molecule has 0 saturated carbocycles. The van der Waals surface area contributed by atoms with Gasteiger partial charge in [-0.05, 0) is 6.07 Å². The first kappa shape index (κ1) is 11.2. The maximum atomic E-state index is 5.25. The van der Waals surface area contributed by atoms with Crippen LogP contribution in [-0.2, 0) is 6.54 Å². The highest BCUT2D eigenvalue weighted by Gasteiger charge is 2.03. The van der Waals surface area contributed by atoms with Gasteiger partial charge < -0.3 is 14.8 Å². The van der Waals surface area contributed by atoms with Gasteiger partial charge in [0.1, 0.15) is 11.5 Å². The molecule has 0 amide bonds. The van der Waals surface area contributed by atoms with Gasteiger partial charge in [-0.3, -0.25) is 15.4 Å². The Morgan fingerprint density at radius 2 is 2.18 bits per heavy atom. The minimum atomic E-state index is 0.322. The molecule has 7 heteroatoms. The van der Waals surface area contributed by atoms with Crippen molar-refractivity contribution in [2.45, 2.75) is 6.54 Å². The Kier molecular flexibility index (Phi) is 3.39. The molecule has 0 radical (unpaired) electrons. The van der Waals surface area contributed by atoms with E-state index in [-0.39, 0.29) is 0 Å². The predicted octanol–water partition coefficient (Wildman–Crippen LogP) is 1.42. The quantitative estimate of drug-likeness (QED) is 0.845. The first-order valence-electron chi connectivity index (χ1n) is 4.95. The van der Waals surface area contributed by atoms with Crippen LogP contribution in [0.15, 0.2) is 18.2 Å². The third-order valence-corrected chi connectivity index (χ3v) is 2.22. The van der Waals surface area contributed by atoms with Crippen molar-refractivity contribution in [1.82, 2.24) is 20.6 Å². The van der Waals surface area contributed by atoms with Crippen LogP contribution in [0.2, 0.25) is 0 Å². The molecular weight excluding hydrogens is 222 g/mol. The molecule has 0 aliphatic carbocycles. The Morgan fingerprint density at radius 1 is 1.29 bits per heavy atom. The summed E-state index contributed by atoms with van der Waals surface area (Å²) in [5.74, 6) is 1.78. The maximum absolute atomic E-state index is 5.25. The number of nitrogens with zero attached hydrogens (tertiary/aromatic N) is 4. The van der Waals surface area contributed by atoms with E-state index in [0.717, 1.165) is 17.1 Å². The van der Waals surface area contributed by atoms with E-state index in [4.69, 9.17) is 9.47 Å². The summed E-state index contributed by atoms with van der Waals surface area (Å²) in [6, 6.07) is 5.55. The highest BCUT2D eigenvalue weighted by Crippen LogP contribution is 2.27. The zero-order valence-corrected chi connectivity index (χ0v) is 9.54. The number of benzene rings is 1. The van der Waals surface area contributed by atoms with Crippen molar-refractivity contribution in [3.05, 3.63) is 29.1 Å². The Bertz CT molecular complexity index is 472. The van der Waals surface area contributed by atoms with Crippen molar-refractivity contribution in [2.24, 2.45) is 0 Å². The summed E-state index contributed by atoms with van der Waals surface area (Å²) in [5, 5.41) is 17.4. The monoisotopic (exact) mass is 234 g/mol. The molecule has 0 spiro atoms. The second-order valence-corrected chi connectivity index (χ2v) is 3.21. The van der Waals surface area contributed by atoms with Gasteiger partial charge in [-0.1, -0.05) is 6.07 Å². The van der Waals surface area contributed by atoms with Crippen LogP contribution in [0.25, 0.3) is 5.32 Å². The molecule has 0 aliphatic rings. The van der Waals surface area contributed by atoms with Crippen LogP contribution >= 0.6 is 0 Å². The molecular formula is C10H12N5O2-. The van der Waals surface area contributed by atoms with Crippen molar-refractivity contribution >= 4 is 5.95 Å². The van der Waals surface area contributed by atoms with Gasteiger partial charge in [0.15, 0.2) is 0 Å². The number of H-pyrrole nitrogens is 1. The number of ether oxygens (including phenoxy) is 2. The van der Waals surface area contributed by atoms with E-state index in [0.29, 0.717) is 12.5 Å². The van der Waals surface area contributed by atoms with Crippen molar-refractivity contribution in [3.8, 4) is 11.5 Å². The summed E-state index contributed by atoms with van der Waals surface area (Å²) in [6.07, 6.45) is 0. The molecule has 1 aromatic carbocycles. The molecule has 0 saturated heterocycles. The molecule has 0 aliphatic heterocycles. The van der Waals surface area contributed by atoms with Gasteiger partial charge >= 0.3 is 0 Å². The van der Waals surface area contributed by atoms with Crippen molar-refractivity contribution in [2.75, 3.05) is 14.2 Å². The van der Waals surface area contributed by atoms with Crippen LogP contribution < -0.4 is 9.47 Å². The number of nitrogens with one attached hydrogen (secondary N) is 1. The molecule has 0 bridgehead atoms. The van der Waals surface area contributed by atoms with E-state index >= 15 is 0 Å². The highest BCUT2D eigenvalue weighted by atomic mass is 16.5. The number of aromatic amines is 1. The van der Waals surface area contributed by atoms with Crippen LogP contribution in [0, 0.1) is 0 Å². The highest BCUT2D eigenvalue weighted by molar-refractivity contribution is 5.43. The lowest BCUT2D eigenvalue weighted by molar-refractivity contribution is 0.391. The van der Waals surface area contributed by atoms with Crippen LogP contribution in [0.3, 0.4) is 0 Å². The fourth-order valence-electron chi connectivity index (χ4n) is 1.36. The van der Waals surface area contributed by atoms with Gasteiger partial charge in [0.25, 0.3) is 0 Å². The van der Waals surface area contributed by atoms with Crippen molar-refractivity contribution in [3.63, 3.8) is 0 Å². The van der Waals surface area contributed by atoms with Gasteiger partial charge in [-0.15, -0.1) is 5.21 Å². The third kappa shape index (κ3) is 2.63. The largest absolute Gasteiger partial charge is 0.497 e. The second-order valence-electron chi connectivity index (χ2n) is 3.21. The average Bonchev–Trinajstić information content (AvgIpc) is 2.89. The van der Waals surface area contributed by atoms with Gasteiger partial charge in [-0.25, -0.2) is 0 Å². The smallest absolute Gasteiger partial charge is 0.126 e. The Hall–Kier alpha value is -2.31. The molecule has 1 aromatic heterocycles. The first-order valence-corrected chi connectivity index (χ1v) is 4.95. The third-order valence-electron chi connectivity index (χ3n) is 2.22. The number of aromatic nitrogens is 4. The number of hydrogen-bond donors (Lipinski definition) is 1. The van der Waals surface area contributed by atoms with Crippen LogP contribution in [-0.4, -0.2) is 34.8 Å². The summed E-state index contributed by atoms with van der Waals surface area (Å²) in [6.45, 7) is 0.423. The van der Waals surface area contributed by atoms with Crippen LogP contribution in [0.5, 0.6) is 11.5 Å². The Balaban J connectivity index is 2.09. The molecule has 90 valence electrons. The van der Waals surface area contributed by atoms with Crippen molar-refractivity contribution in [1.29, 1.82) is 0 Å². The second kappa shape index (κ2) is 5.15. The molecule has 17 heavy (non-hydrogen) atoms. The minimum Gasteiger partial charge on any atom is -0.497 e. The molecule has 0 atom stereocenters. The van der Waals surface area contributed by atoms with Gasteiger partial charge in [0.05, 0.1) is 20.2 Å². The molecule has 1 N–H and O–H groups in total. The number of rotatable bonds is 5. The normalized spacial score (nSPS) is 10.0. The Morgan fingerprint density at radius 3 is 2.82 bits per heavy atom. The molecule has 0 fully saturated rings. The topological polar surface area (TPSA) is 87.0 Å². The van der Waals surface area contributed by atoms with E-state index in [1.807, 2.05) is 12.1 Å². The van der Waals surface area contributed by atoms with E-state index in [2.05, 4.69) is 25.9 Å². The molecule has 2 rings (SSSR count). The lowest BCUT2D eigenvalue weighted by atomic mass is 10.2. The van der Waals surface area contributed by atoms with E-state index in [1.165, 1.54) is 0 Å². The average molecular weight is 234 g/mol. The molecule has 2 aromatic rings. The van der Waals surface area contributed by atoms with Crippen LogP contribution in [0.4, 0.5) is 5.95 Å². The van der Waals surface area contributed by atoms with E-state index in [9.17, 15) is 0 Å². The Labute approximate surface area is 98.1 Å². The summed E-state index contributed by atoms with van der Waals surface area (Å²) in [7, 11) is 3.21. The minimum absolute atomic E-state index is 0.322. The lowest BCUT2D eigenvalue weighted by Gasteiger charge is -2.12. The van der Waals surface area contributed by atoms with Gasteiger partial charge in [0.2, 0.25) is 0 Å². The standard InChI is InChI=1S/C10H12N5O2/c1-16-8-4-3-7(9(5-8)17-2)6-11-10-12-14-15-13-10/h3-5H,6H2,1-2H3,(H-,11,12,13,14,15)/q-1. The zero-order chi connectivity index (χ0) is 12.1. The zero-order valence-electron chi connectivity index (χ0n) is 9.54. The molecule has 7 nitrogen and oxygen atoms in total. The van der Waals surface area contributed by atoms with Crippen LogP contribution in [0.1, 0.15) is 5.56 Å². The maximum Gasteiger partial charge on any atom is 0.126 e. The first-order chi connectivity index (χ1) is 8.33. The number of hydrogen-bond acceptors (Lipinski definition) is 5. The summed E-state index contributed by atoms with van der Waals surface area (Å²) in [4.78, 5) is 0. The molecule has 0 unspecified atom stereocenters. The van der Waals surface area contributed by atoms with E-state index in [1.54, 1.807) is 20.3 Å². The van der Waals surface area contributed by atoms with Crippen molar-refractivity contribution < 1.29 is 9.47 Å². The van der Waals surface area contributed by atoms with E-state index < -0.39 is 0 Å². The fraction of sp³-hybridized carbons (Fsp3) is 0.300. The SMILES string of the molecule is COc1ccc(C[N-]c2nn[nH]n2)c(OC)c1. The lowest BCUT2D eigenvalue weighted by Crippen LogP contribution is -1.93. The number of methoxy groups -OCH3 is 2.